The zero-order valence-electron chi connectivity index (χ0n) is 13.6. The molecule has 0 N–H and O–H groups in total. The highest BCUT2D eigenvalue weighted by atomic mass is 35.5. The van der Waals surface area contributed by atoms with Crippen LogP contribution in [0, 0.1) is 0 Å². The molecule has 0 aliphatic heterocycles. The van der Waals surface area contributed by atoms with Gasteiger partial charge in [-0.05, 0) is 54.4 Å². The lowest BCUT2D eigenvalue weighted by molar-refractivity contribution is -0.0498. The molecule has 0 unspecified atom stereocenters. The van der Waals surface area contributed by atoms with Gasteiger partial charge in [-0.1, -0.05) is 23.7 Å². The second-order valence-electron chi connectivity index (χ2n) is 5.56. The summed E-state index contributed by atoms with van der Waals surface area (Å²) in [6.07, 6.45) is 0.634. The number of aromatic nitrogens is 2. The van der Waals surface area contributed by atoms with Gasteiger partial charge in [-0.15, -0.1) is 0 Å². The third-order valence-electron chi connectivity index (χ3n) is 3.77. The predicted octanol–water partition coefficient (Wildman–Crippen LogP) is 4.41. The summed E-state index contributed by atoms with van der Waals surface area (Å²) in [4.78, 5) is 12.0. The fourth-order valence-corrected chi connectivity index (χ4v) is 2.58. The van der Waals surface area contributed by atoms with Crippen molar-refractivity contribution in [2.24, 2.45) is 0 Å². The van der Waals surface area contributed by atoms with E-state index in [4.69, 9.17) is 11.6 Å². The van der Waals surface area contributed by atoms with Crippen molar-refractivity contribution in [2.45, 2.75) is 19.6 Å². The Hall–Kier alpha value is -2.73. The van der Waals surface area contributed by atoms with E-state index in [1.807, 2.05) is 12.1 Å². The Kier molecular flexibility index (Phi) is 5.63. The maximum atomic E-state index is 12.2. The fourth-order valence-electron chi connectivity index (χ4n) is 2.46. The number of alkyl halides is 2. The van der Waals surface area contributed by atoms with Crippen LogP contribution < -0.4 is 10.3 Å². The van der Waals surface area contributed by atoms with Gasteiger partial charge >= 0.3 is 6.61 Å². The van der Waals surface area contributed by atoms with E-state index in [2.05, 4.69) is 9.84 Å². The Morgan fingerprint density at radius 3 is 2.35 bits per heavy atom. The van der Waals surface area contributed by atoms with Crippen LogP contribution in [0.5, 0.6) is 5.75 Å². The van der Waals surface area contributed by atoms with Gasteiger partial charge in [0.25, 0.3) is 5.56 Å². The van der Waals surface area contributed by atoms with Crippen LogP contribution in [0.15, 0.2) is 65.5 Å². The van der Waals surface area contributed by atoms with Crippen LogP contribution in [-0.2, 0) is 13.0 Å². The number of rotatable bonds is 6. The number of aryl methyl sites for hydroxylation is 2. The summed E-state index contributed by atoms with van der Waals surface area (Å²) in [5.41, 5.74) is 2.11. The molecule has 3 rings (SSSR count). The molecule has 0 spiro atoms. The lowest BCUT2D eigenvalue weighted by Crippen LogP contribution is -2.23. The van der Waals surface area contributed by atoms with E-state index in [-0.39, 0.29) is 11.3 Å². The SMILES string of the molecule is O=c1ccc(-c2ccc(OC(F)F)cc2)nn1CCc1ccc(Cl)cc1. The number of halogens is 3. The molecule has 2 aromatic carbocycles. The average Bonchev–Trinajstić information content (AvgIpc) is 2.63. The zero-order chi connectivity index (χ0) is 18.5. The summed E-state index contributed by atoms with van der Waals surface area (Å²) < 4.78 is 30.1. The first kappa shape index (κ1) is 18.1. The molecule has 3 aromatic rings. The fraction of sp³-hybridized carbons (Fsp3) is 0.158. The van der Waals surface area contributed by atoms with E-state index in [0.29, 0.717) is 29.2 Å². The highest BCUT2D eigenvalue weighted by Crippen LogP contribution is 2.21. The number of benzene rings is 2. The second kappa shape index (κ2) is 8.10. The zero-order valence-corrected chi connectivity index (χ0v) is 14.4. The summed E-state index contributed by atoms with van der Waals surface area (Å²) in [5, 5.41) is 5.01. The number of nitrogens with zero attached hydrogens (tertiary/aromatic N) is 2. The lowest BCUT2D eigenvalue weighted by Gasteiger charge is -2.09. The van der Waals surface area contributed by atoms with Gasteiger partial charge in [0, 0.05) is 23.2 Å². The first-order chi connectivity index (χ1) is 12.5. The van der Waals surface area contributed by atoms with Gasteiger partial charge in [-0.2, -0.15) is 13.9 Å². The summed E-state index contributed by atoms with van der Waals surface area (Å²) >= 11 is 5.86. The van der Waals surface area contributed by atoms with Crippen molar-refractivity contribution in [3.63, 3.8) is 0 Å². The maximum absolute atomic E-state index is 12.2. The summed E-state index contributed by atoms with van der Waals surface area (Å²) in [6.45, 7) is -2.45. The molecule has 0 saturated heterocycles. The van der Waals surface area contributed by atoms with Gasteiger partial charge in [-0.25, -0.2) is 4.68 Å². The van der Waals surface area contributed by atoms with Crippen LogP contribution in [-0.4, -0.2) is 16.4 Å². The van der Waals surface area contributed by atoms with Gasteiger partial charge in [0.15, 0.2) is 0 Å². The quantitative estimate of drug-likeness (QED) is 0.640. The smallest absolute Gasteiger partial charge is 0.387 e. The van der Waals surface area contributed by atoms with E-state index in [9.17, 15) is 13.6 Å². The highest BCUT2D eigenvalue weighted by Gasteiger charge is 2.07. The van der Waals surface area contributed by atoms with Gasteiger partial charge < -0.3 is 4.74 Å². The Morgan fingerprint density at radius 2 is 1.69 bits per heavy atom. The molecule has 0 atom stereocenters. The Balaban J connectivity index is 1.76. The minimum Gasteiger partial charge on any atom is -0.435 e. The maximum Gasteiger partial charge on any atom is 0.387 e. The first-order valence-corrected chi connectivity index (χ1v) is 8.27. The Morgan fingerprint density at radius 1 is 1.00 bits per heavy atom. The first-order valence-electron chi connectivity index (χ1n) is 7.89. The molecule has 7 heteroatoms. The van der Waals surface area contributed by atoms with Crippen LogP contribution in [0.25, 0.3) is 11.3 Å². The largest absolute Gasteiger partial charge is 0.435 e. The molecule has 0 bridgehead atoms. The predicted molar refractivity (Wildman–Crippen MR) is 95.7 cm³/mol. The van der Waals surface area contributed by atoms with E-state index < -0.39 is 6.61 Å². The van der Waals surface area contributed by atoms with Crippen LogP contribution >= 0.6 is 11.6 Å². The molecular formula is C19H15ClF2N2O2. The van der Waals surface area contributed by atoms with Crippen molar-refractivity contribution >= 4 is 11.6 Å². The molecule has 1 heterocycles. The normalized spacial score (nSPS) is 10.9. The van der Waals surface area contributed by atoms with E-state index in [1.54, 1.807) is 30.3 Å². The standard InChI is InChI=1S/C19H15ClF2N2O2/c20-15-5-1-13(2-6-15)11-12-24-18(25)10-9-17(23-24)14-3-7-16(8-4-14)26-19(21)22/h1-10,19H,11-12H2. The van der Waals surface area contributed by atoms with Crippen molar-refractivity contribution in [1.29, 1.82) is 0 Å². The van der Waals surface area contributed by atoms with Crippen LogP contribution in [0.1, 0.15) is 5.56 Å². The third kappa shape index (κ3) is 4.67. The molecular weight excluding hydrogens is 362 g/mol. The third-order valence-corrected chi connectivity index (χ3v) is 4.02. The highest BCUT2D eigenvalue weighted by molar-refractivity contribution is 6.30. The molecule has 4 nitrogen and oxygen atoms in total. The molecule has 0 aliphatic rings. The molecule has 0 saturated carbocycles. The topological polar surface area (TPSA) is 44.1 Å². The molecule has 1 aromatic heterocycles. The van der Waals surface area contributed by atoms with Crippen molar-refractivity contribution < 1.29 is 13.5 Å². The Labute approximate surface area is 153 Å². The summed E-state index contributed by atoms with van der Waals surface area (Å²) in [6, 6.07) is 16.6. The van der Waals surface area contributed by atoms with Crippen LogP contribution in [0.2, 0.25) is 5.02 Å². The molecule has 0 radical (unpaired) electrons. The summed E-state index contributed by atoms with van der Waals surface area (Å²) in [5.74, 6) is 0.0693. The minimum atomic E-state index is -2.87. The second-order valence-corrected chi connectivity index (χ2v) is 6.00. The Bertz CT molecular complexity index is 926. The lowest BCUT2D eigenvalue weighted by atomic mass is 10.1. The van der Waals surface area contributed by atoms with Crippen molar-refractivity contribution in [3.05, 3.63) is 81.6 Å². The number of hydrogen-bond acceptors (Lipinski definition) is 3. The van der Waals surface area contributed by atoms with Gasteiger partial charge in [0.2, 0.25) is 0 Å². The summed E-state index contributed by atoms with van der Waals surface area (Å²) in [7, 11) is 0. The van der Waals surface area contributed by atoms with Crippen LogP contribution in [0.4, 0.5) is 8.78 Å². The van der Waals surface area contributed by atoms with Crippen LogP contribution in [0.3, 0.4) is 0 Å². The van der Waals surface area contributed by atoms with Crippen molar-refractivity contribution in [1.82, 2.24) is 9.78 Å². The monoisotopic (exact) mass is 376 g/mol. The van der Waals surface area contributed by atoms with E-state index in [0.717, 1.165) is 5.56 Å². The van der Waals surface area contributed by atoms with E-state index in [1.165, 1.54) is 22.9 Å². The van der Waals surface area contributed by atoms with Gasteiger partial charge in [-0.3, -0.25) is 4.79 Å². The molecule has 0 aliphatic carbocycles. The molecule has 134 valence electrons. The molecule has 0 fully saturated rings. The molecule has 26 heavy (non-hydrogen) atoms. The van der Waals surface area contributed by atoms with Gasteiger partial charge in [0.05, 0.1) is 5.69 Å². The van der Waals surface area contributed by atoms with E-state index >= 15 is 0 Å². The number of hydrogen-bond donors (Lipinski definition) is 0. The van der Waals surface area contributed by atoms with Crippen molar-refractivity contribution in [3.8, 4) is 17.0 Å². The number of ether oxygens (including phenoxy) is 1. The molecule has 0 amide bonds. The average molecular weight is 377 g/mol. The minimum absolute atomic E-state index is 0.0693. The van der Waals surface area contributed by atoms with Gasteiger partial charge in [0.1, 0.15) is 5.75 Å². The van der Waals surface area contributed by atoms with Crippen molar-refractivity contribution in [2.75, 3.05) is 0 Å².